The first-order valence-corrected chi connectivity index (χ1v) is 14.3. The predicted molar refractivity (Wildman–Crippen MR) is 170 cm³/mol. The Morgan fingerprint density at radius 1 is 1.10 bits per heavy atom. The first-order valence-electron chi connectivity index (χ1n) is 14.3. The van der Waals surface area contributed by atoms with E-state index in [1.807, 2.05) is 52.0 Å². The third-order valence-electron chi connectivity index (χ3n) is 5.55. The highest BCUT2D eigenvalue weighted by Gasteiger charge is 2.13. The van der Waals surface area contributed by atoms with E-state index in [0.717, 1.165) is 23.6 Å². The van der Waals surface area contributed by atoms with Crippen molar-refractivity contribution in [3.63, 3.8) is 0 Å². The molecule has 1 heterocycles. The third kappa shape index (κ3) is 13.8. The lowest BCUT2D eigenvalue weighted by Gasteiger charge is -2.22. The summed E-state index contributed by atoms with van der Waals surface area (Å²) in [5.74, 6) is 7.53. The minimum atomic E-state index is -0.207. The number of amides is 2. The molecule has 0 aliphatic heterocycles. The van der Waals surface area contributed by atoms with Crippen LogP contribution in [0.1, 0.15) is 51.7 Å². The zero-order valence-electron chi connectivity index (χ0n) is 26.4. The van der Waals surface area contributed by atoms with Crippen molar-refractivity contribution in [1.82, 2.24) is 25.1 Å². The van der Waals surface area contributed by atoms with Crippen LogP contribution in [-0.4, -0.2) is 86.0 Å². The lowest BCUT2D eigenvalue weighted by atomic mass is 10.2. The molecule has 0 saturated carbocycles. The van der Waals surface area contributed by atoms with Crippen LogP contribution in [-0.2, 0) is 9.59 Å². The van der Waals surface area contributed by atoms with E-state index in [1.165, 1.54) is 11.0 Å². The van der Waals surface area contributed by atoms with Crippen molar-refractivity contribution in [1.29, 1.82) is 5.26 Å². The number of nitrogens with zero attached hydrogens (tertiary/aromatic N) is 6. The molecular weight excluding hydrogens is 528 g/mol. The molecule has 10 heteroatoms. The zero-order valence-corrected chi connectivity index (χ0v) is 26.4. The second kappa shape index (κ2) is 19.6. The number of likely N-dealkylation sites (N-methyl/N-ethyl adjacent to an activating group) is 2. The van der Waals surface area contributed by atoms with Gasteiger partial charge in [0.15, 0.2) is 0 Å². The van der Waals surface area contributed by atoms with Gasteiger partial charge in [-0.05, 0) is 50.7 Å². The van der Waals surface area contributed by atoms with Gasteiger partial charge in [-0.15, -0.1) is 0 Å². The Bertz CT molecular complexity index is 1250. The van der Waals surface area contributed by atoms with E-state index in [-0.39, 0.29) is 18.4 Å². The normalized spacial score (nSPS) is 10.3. The van der Waals surface area contributed by atoms with Gasteiger partial charge in [-0.2, -0.15) is 10.2 Å². The molecule has 226 valence electrons. The Balaban J connectivity index is 0.00000431. The summed E-state index contributed by atoms with van der Waals surface area (Å²) < 4.78 is 0. The third-order valence-corrected chi connectivity index (χ3v) is 5.55. The SMILES string of the molecule is CC.CC(C)CN(C)c1nc(Nc2ccc(C#N)cc2)ncc1C#CCCCNC(=O)CN(C)C(=O)/C=C/CN(C)C. The Labute approximate surface area is 251 Å². The second-order valence-corrected chi connectivity index (χ2v) is 10.1. The average molecular weight is 575 g/mol. The number of rotatable bonds is 13. The van der Waals surface area contributed by atoms with Crippen LogP contribution in [0.5, 0.6) is 0 Å². The van der Waals surface area contributed by atoms with Crippen LogP contribution in [0.4, 0.5) is 17.5 Å². The van der Waals surface area contributed by atoms with Crippen LogP contribution in [0.3, 0.4) is 0 Å². The highest BCUT2D eigenvalue weighted by atomic mass is 16.2. The minimum Gasteiger partial charge on any atom is -0.358 e. The van der Waals surface area contributed by atoms with Crippen LogP contribution in [0.25, 0.3) is 0 Å². The van der Waals surface area contributed by atoms with Crippen LogP contribution in [0, 0.1) is 29.1 Å². The van der Waals surface area contributed by atoms with E-state index in [2.05, 4.69) is 52.3 Å². The number of hydrogen-bond acceptors (Lipinski definition) is 8. The summed E-state index contributed by atoms with van der Waals surface area (Å²) in [5.41, 5.74) is 2.09. The topological polar surface area (TPSA) is 117 Å². The van der Waals surface area contributed by atoms with Gasteiger partial charge >= 0.3 is 0 Å². The van der Waals surface area contributed by atoms with E-state index in [4.69, 9.17) is 10.2 Å². The molecule has 2 rings (SSSR count). The van der Waals surface area contributed by atoms with Crippen molar-refractivity contribution in [3.8, 4) is 17.9 Å². The minimum absolute atomic E-state index is 0.00253. The van der Waals surface area contributed by atoms with E-state index in [1.54, 1.807) is 31.5 Å². The van der Waals surface area contributed by atoms with E-state index >= 15 is 0 Å². The maximum atomic E-state index is 12.2. The van der Waals surface area contributed by atoms with Crippen molar-refractivity contribution in [2.75, 3.05) is 64.6 Å². The molecule has 0 spiro atoms. The van der Waals surface area contributed by atoms with E-state index in [9.17, 15) is 9.59 Å². The second-order valence-electron chi connectivity index (χ2n) is 10.1. The van der Waals surface area contributed by atoms with Gasteiger partial charge in [0.1, 0.15) is 5.82 Å². The van der Waals surface area contributed by atoms with Crippen molar-refractivity contribution in [2.45, 2.75) is 40.5 Å². The molecule has 1 aromatic carbocycles. The summed E-state index contributed by atoms with van der Waals surface area (Å²) in [6.45, 7) is 10.2. The molecule has 0 unspecified atom stereocenters. The van der Waals surface area contributed by atoms with Gasteiger partial charge in [0.05, 0.1) is 29.9 Å². The molecule has 0 bridgehead atoms. The predicted octanol–water partition coefficient (Wildman–Crippen LogP) is 4.03. The number of anilines is 3. The number of benzene rings is 1. The lowest BCUT2D eigenvalue weighted by molar-refractivity contribution is -0.131. The van der Waals surface area contributed by atoms with Crippen LogP contribution in [0.15, 0.2) is 42.6 Å². The summed E-state index contributed by atoms with van der Waals surface area (Å²) in [6.07, 6.45) is 6.22. The van der Waals surface area contributed by atoms with Gasteiger partial charge < -0.3 is 25.3 Å². The highest BCUT2D eigenvalue weighted by Crippen LogP contribution is 2.21. The number of hydrogen-bond donors (Lipinski definition) is 2. The molecule has 10 nitrogen and oxygen atoms in total. The lowest BCUT2D eigenvalue weighted by Crippen LogP contribution is -2.38. The Morgan fingerprint density at radius 3 is 2.40 bits per heavy atom. The fourth-order valence-corrected chi connectivity index (χ4v) is 3.61. The summed E-state index contributed by atoms with van der Waals surface area (Å²) in [7, 11) is 7.42. The Hall–Kier alpha value is -4.41. The van der Waals surface area contributed by atoms with Crippen molar-refractivity contribution < 1.29 is 9.59 Å². The average Bonchev–Trinajstić information content (AvgIpc) is 2.96. The number of nitrogens with one attached hydrogen (secondary N) is 2. The first-order chi connectivity index (χ1) is 20.1. The largest absolute Gasteiger partial charge is 0.358 e. The van der Waals surface area contributed by atoms with Crippen LogP contribution < -0.4 is 15.5 Å². The fraction of sp³-hybridized carbons (Fsp3) is 0.469. The zero-order chi connectivity index (χ0) is 31.5. The van der Waals surface area contributed by atoms with Gasteiger partial charge in [-0.3, -0.25) is 9.59 Å². The maximum Gasteiger partial charge on any atom is 0.246 e. The molecule has 0 fully saturated rings. The number of unbranched alkanes of at least 4 members (excludes halogenated alkanes) is 1. The van der Waals surface area contributed by atoms with Crippen LogP contribution >= 0.6 is 0 Å². The number of nitriles is 1. The molecule has 0 aliphatic rings. The van der Waals surface area contributed by atoms with E-state index in [0.29, 0.717) is 43.4 Å². The molecule has 0 radical (unpaired) electrons. The van der Waals surface area contributed by atoms with Gasteiger partial charge in [0.25, 0.3) is 0 Å². The molecular formula is C32H46N8O2. The number of aromatic nitrogens is 2. The molecule has 0 aliphatic carbocycles. The van der Waals surface area contributed by atoms with Gasteiger partial charge in [0, 0.05) is 51.9 Å². The standard InChI is InChI=1S/C30H40N8O2.C2H6/c1-23(2)21-38(6)29-25(20-33-30(35-29)34-26-15-13-24(19-31)14-16-26)11-8-7-9-17-32-27(39)22-37(5)28(40)12-10-18-36(3)4;1-2/h10,12-16,20,23H,7,9,17-18,21-22H2,1-6H3,(H,32,39)(H,33,34,35);1-2H3/b12-10+;. The maximum absolute atomic E-state index is 12.2. The summed E-state index contributed by atoms with van der Waals surface area (Å²) in [5, 5.41) is 15.0. The highest BCUT2D eigenvalue weighted by molar-refractivity contribution is 5.91. The molecule has 2 N–H and O–H groups in total. The van der Waals surface area contributed by atoms with Crippen molar-refractivity contribution in [2.24, 2.45) is 5.92 Å². The summed E-state index contributed by atoms with van der Waals surface area (Å²) in [4.78, 5) is 38.8. The van der Waals surface area contributed by atoms with Gasteiger partial charge in [0.2, 0.25) is 17.8 Å². The van der Waals surface area contributed by atoms with Crippen molar-refractivity contribution in [3.05, 3.63) is 53.7 Å². The summed E-state index contributed by atoms with van der Waals surface area (Å²) >= 11 is 0. The Kier molecular flexibility index (Phi) is 16.6. The molecule has 2 amide bonds. The monoisotopic (exact) mass is 574 g/mol. The quantitative estimate of drug-likeness (QED) is 0.209. The molecule has 2 aromatic rings. The number of carbonyl (C=O) groups is 2. The molecule has 0 saturated heterocycles. The molecule has 0 atom stereocenters. The van der Waals surface area contributed by atoms with Gasteiger partial charge in [-0.25, -0.2) is 4.98 Å². The first kappa shape index (κ1) is 35.6. The van der Waals surface area contributed by atoms with Crippen LogP contribution in [0.2, 0.25) is 0 Å². The Morgan fingerprint density at radius 2 is 1.79 bits per heavy atom. The summed E-state index contributed by atoms with van der Waals surface area (Å²) in [6, 6.07) is 9.20. The number of carbonyl (C=O) groups excluding carboxylic acids is 2. The smallest absolute Gasteiger partial charge is 0.246 e. The van der Waals surface area contributed by atoms with Gasteiger partial charge in [-0.1, -0.05) is 45.6 Å². The molecule has 42 heavy (non-hydrogen) atoms. The molecule has 1 aromatic heterocycles. The van der Waals surface area contributed by atoms with E-state index < -0.39 is 0 Å². The fourth-order valence-electron chi connectivity index (χ4n) is 3.61. The van der Waals surface area contributed by atoms with Crippen molar-refractivity contribution >= 4 is 29.3 Å².